The molecular formula is C19H22Cl2N2O2. The van der Waals surface area contributed by atoms with Gasteiger partial charge in [-0.25, -0.2) is 0 Å². The topological polar surface area (TPSA) is 47.3 Å². The lowest BCUT2D eigenvalue weighted by Gasteiger charge is -2.28. The fourth-order valence-corrected chi connectivity index (χ4v) is 4.06. The maximum absolute atomic E-state index is 6.39. The van der Waals surface area contributed by atoms with Crippen molar-refractivity contribution < 1.29 is 9.26 Å². The average molecular weight is 381 g/mol. The highest BCUT2D eigenvalue weighted by molar-refractivity contribution is 6.39. The summed E-state index contributed by atoms with van der Waals surface area (Å²) in [5.74, 6) is 1.39. The first-order valence-electron chi connectivity index (χ1n) is 8.91. The van der Waals surface area contributed by atoms with E-state index in [4.69, 9.17) is 32.5 Å². The van der Waals surface area contributed by atoms with Crippen LogP contribution in [-0.4, -0.2) is 23.8 Å². The number of halogens is 2. The molecule has 0 unspecified atom stereocenters. The first-order chi connectivity index (χ1) is 12.1. The molecule has 1 aliphatic heterocycles. The second-order valence-electron chi connectivity index (χ2n) is 7.06. The third-order valence-electron chi connectivity index (χ3n) is 5.01. The molecule has 25 heavy (non-hydrogen) atoms. The molecule has 0 bridgehead atoms. The Morgan fingerprint density at radius 3 is 2.68 bits per heavy atom. The molecule has 4 nitrogen and oxygen atoms in total. The predicted molar refractivity (Wildman–Crippen MR) is 99.2 cm³/mol. The molecule has 2 aliphatic rings. The summed E-state index contributed by atoms with van der Waals surface area (Å²) in [5.41, 5.74) is 2.46. The van der Waals surface area contributed by atoms with Crippen molar-refractivity contribution in [3.63, 3.8) is 0 Å². The number of benzene rings is 1. The number of nitrogens with zero attached hydrogens (tertiary/aromatic N) is 1. The van der Waals surface area contributed by atoms with Crippen molar-refractivity contribution in [1.29, 1.82) is 0 Å². The van der Waals surface area contributed by atoms with Gasteiger partial charge in [-0.1, -0.05) is 34.4 Å². The van der Waals surface area contributed by atoms with E-state index in [1.54, 1.807) is 0 Å². The number of hydrogen-bond donors (Lipinski definition) is 1. The molecular weight excluding hydrogens is 359 g/mol. The molecule has 0 amide bonds. The standard InChI is InChI=1S/C19H22Cl2N2O2/c1-11-9-13(7-8-22-11)24-10-14-18(23-25-19(14)12-5-6-12)17-15(20)3-2-4-16(17)21/h2-4,11-13,22H,5-10H2,1H3/t11-,13+/m0/s1. The smallest absolute Gasteiger partial charge is 0.145 e. The van der Waals surface area contributed by atoms with Gasteiger partial charge >= 0.3 is 0 Å². The summed E-state index contributed by atoms with van der Waals surface area (Å²) >= 11 is 12.8. The first-order valence-corrected chi connectivity index (χ1v) is 9.67. The zero-order chi connectivity index (χ0) is 17.4. The third kappa shape index (κ3) is 3.72. The van der Waals surface area contributed by atoms with E-state index in [0.717, 1.165) is 54.8 Å². The number of ether oxygens (including phenoxy) is 1. The molecule has 2 atom stereocenters. The van der Waals surface area contributed by atoms with E-state index in [1.807, 2.05) is 18.2 Å². The summed E-state index contributed by atoms with van der Waals surface area (Å²) in [6, 6.07) is 5.98. The molecule has 2 heterocycles. The molecule has 4 rings (SSSR count). The first kappa shape index (κ1) is 17.3. The van der Waals surface area contributed by atoms with Crippen LogP contribution in [0.3, 0.4) is 0 Å². The summed E-state index contributed by atoms with van der Waals surface area (Å²) < 4.78 is 11.9. The fourth-order valence-electron chi connectivity index (χ4n) is 3.49. The van der Waals surface area contributed by atoms with Gasteiger partial charge in [0, 0.05) is 23.1 Å². The Balaban J connectivity index is 1.62. The van der Waals surface area contributed by atoms with E-state index in [9.17, 15) is 0 Å². The van der Waals surface area contributed by atoms with Crippen LogP contribution in [0.15, 0.2) is 22.7 Å². The Kier molecular flexibility index (Phi) is 5.05. The van der Waals surface area contributed by atoms with Crippen molar-refractivity contribution in [3.05, 3.63) is 39.6 Å². The molecule has 6 heteroatoms. The lowest BCUT2D eigenvalue weighted by atomic mass is 10.0. The van der Waals surface area contributed by atoms with Gasteiger partial charge in [-0.2, -0.15) is 0 Å². The average Bonchev–Trinajstić information content (AvgIpc) is 3.34. The quantitative estimate of drug-likeness (QED) is 0.775. The van der Waals surface area contributed by atoms with E-state index in [-0.39, 0.29) is 6.10 Å². The molecule has 1 aromatic carbocycles. The van der Waals surface area contributed by atoms with Gasteiger partial charge < -0.3 is 14.6 Å². The van der Waals surface area contributed by atoms with Crippen LogP contribution < -0.4 is 5.32 Å². The largest absolute Gasteiger partial charge is 0.373 e. The maximum Gasteiger partial charge on any atom is 0.145 e. The van der Waals surface area contributed by atoms with Crippen molar-refractivity contribution in [2.24, 2.45) is 0 Å². The molecule has 2 fully saturated rings. The molecule has 1 saturated carbocycles. The number of rotatable bonds is 5. The Hall–Kier alpha value is -1.07. The Morgan fingerprint density at radius 2 is 2.00 bits per heavy atom. The normalized spacial score (nSPS) is 23.8. The fraction of sp³-hybridized carbons (Fsp3) is 0.526. The Morgan fingerprint density at radius 1 is 1.24 bits per heavy atom. The van der Waals surface area contributed by atoms with Gasteiger partial charge in [0.05, 0.1) is 22.8 Å². The predicted octanol–water partition coefficient (Wildman–Crippen LogP) is 5.18. The summed E-state index contributed by atoms with van der Waals surface area (Å²) in [5, 5.41) is 8.93. The van der Waals surface area contributed by atoms with E-state index < -0.39 is 0 Å². The molecule has 134 valence electrons. The summed E-state index contributed by atoms with van der Waals surface area (Å²) in [6.45, 7) is 3.68. The van der Waals surface area contributed by atoms with Gasteiger partial charge in [0.15, 0.2) is 0 Å². The number of piperidine rings is 1. The molecule has 1 saturated heterocycles. The lowest BCUT2D eigenvalue weighted by molar-refractivity contribution is 0.0122. The monoisotopic (exact) mass is 380 g/mol. The zero-order valence-corrected chi connectivity index (χ0v) is 15.7. The molecule has 1 aromatic heterocycles. The van der Waals surface area contributed by atoms with Crippen molar-refractivity contribution in [2.45, 2.75) is 57.3 Å². The maximum atomic E-state index is 6.39. The minimum atomic E-state index is 0.257. The highest BCUT2D eigenvalue weighted by Gasteiger charge is 2.34. The van der Waals surface area contributed by atoms with Crippen LogP contribution >= 0.6 is 23.2 Å². The number of aromatic nitrogens is 1. The Bertz CT molecular complexity index is 738. The minimum absolute atomic E-state index is 0.257. The summed E-state index contributed by atoms with van der Waals surface area (Å²) in [7, 11) is 0. The molecule has 1 aliphatic carbocycles. The second kappa shape index (κ2) is 7.28. The minimum Gasteiger partial charge on any atom is -0.373 e. The molecule has 2 aromatic rings. The summed E-state index contributed by atoms with van der Waals surface area (Å²) in [4.78, 5) is 0. The van der Waals surface area contributed by atoms with E-state index in [2.05, 4.69) is 17.4 Å². The van der Waals surface area contributed by atoms with E-state index in [1.165, 1.54) is 0 Å². The highest BCUT2D eigenvalue weighted by atomic mass is 35.5. The van der Waals surface area contributed by atoms with Gasteiger partial charge in [-0.3, -0.25) is 0 Å². The van der Waals surface area contributed by atoms with Crippen molar-refractivity contribution in [2.75, 3.05) is 6.54 Å². The van der Waals surface area contributed by atoms with Crippen molar-refractivity contribution >= 4 is 23.2 Å². The molecule has 0 spiro atoms. The van der Waals surface area contributed by atoms with Crippen LogP contribution in [0.5, 0.6) is 0 Å². The van der Waals surface area contributed by atoms with E-state index >= 15 is 0 Å². The molecule has 0 radical (unpaired) electrons. The molecule has 1 N–H and O–H groups in total. The highest BCUT2D eigenvalue weighted by Crippen LogP contribution is 2.46. The third-order valence-corrected chi connectivity index (χ3v) is 5.64. The van der Waals surface area contributed by atoms with Crippen LogP contribution in [-0.2, 0) is 11.3 Å². The van der Waals surface area contributed by atoms with Gasteiger partial charge in [0.25, 0.3) is 0 Å². The lowest BCUT2D eigenvalue weighted by Crippen LogP contribution is -2.39. The van der Waals surface area contributed by atoms with Crippen LogP contribution in [0.4, 0.5) is 0 Å². The van der Waals surface area contributed by atoms with Gasteiger partial charge in [0.1, 0.15) is 11.5 Å². The van der Waals surface area contributed by atoms with Gasteiger partial charge in [0.2, 0.25) is 0 Å². The van der Waals surface area contributed by atoms with E-state index in [0.29, 0.717) is 28.6 Å². The number of nitrogens with one attached hydrogen (secondary N) is 1. The SMILES string of the molecule is C[C@H]1C[C@H](OCc2c(-c3c(Cl)cccc3Cl)noc2C2CC2)CCN1. The number of hydrogen-bond acceptors (Lipinski definition) is 4. The zero-order valence-electron chi connectivity index (χ0n) is 14.2. The Labute approximate surface area is 157 Å². The second-order valence-corrected chi connectivity index (χ2v) is 7.87. The summed E-state index contributed by atoms with van der Waals surface area (Å²) in [6.07, 6.45) is 4.58. The van der Waals surface area contributed by atoms with Crippen LogP contribution in [0, 0.1) is 0 Å². The van der Waals surface area contributed by atoms with Crippen molar-refractivity contribution in [3.8, 4) is 11.3 Å². The van der Waals surface area contributed by atoms with Crippen LogP contribution in [0.2, 0.25) is 10.0 Å². The van der Waals surface area contributed by atoms with Crippen LogP contribution in [0.25, 0.3) is 11.3 Å². The van der Waals surface area contributed by atoms with Crippen molar-refractivity contribution in [1.82, 2.24) is 10.5 Å². The van der Waals surface area contributed by atoms with Gasteiger partial charge in [-0.05, 0) is 51.3 Å². The van der Waals surface area contributed by atoms with Gasteiger partial charge in [-0.15, -0.1) is 0 Å². The van der Waals surface area contributed by atoms with Crippen LogP contribution in [0.1, 0.15) is 49.8 Å².